The van der Waals surface area contributed by atoms with E-state index < -0.39 is 6.04 Å². The van der Waals surface area contributed by atoms with E-state index in [1.165, 1.54) is 11.3 Å². The number of amides is 2. The molecule has 2 aliphatic rings. The zero-order valence-corrected chi connectivity index (χ0v) is 14.0. The van der Waals surface area contributed by atoms with Gasteiger partial charge in [0, 0.05) is 39.4 Å². The lowest BCUT2D eigenvalue weighted by Crippen LogP contribution is -2.56. The lowest BCUT2D eigenvalue weighted by atomic mass is 9.91. The number of piperazine rings is 1. The third-order valence-corrected chi connectivity index (χ3v) is 5.53. The highest BCUT2D eigenvalue weighted by molar-refractivity contribution is 7.12. The van der Waals surface area contributed by atoms with Gasteiger partial charge in [0.2, 0.25) is 5.91 Å². The van der Waals surface area contributed by atoms with Crippen molar-refractivity contribution >= 4 is 23.2 Å². The van der Waals surface area contributed by atoms with Crippen LogP contribution < -0.4 is 5.73 Å². The number of carbonyl (C=O) groups is 2. The lowest BCUT2D eigenvalue weighted by Gasteiger charge is -2.37. The van der Waals surface area contributed by atoms with Gasteiger partial charge in [-0.25, -0.2) is 0 Å². The van der Waals surface area contributed by atoms with E-state index >= 15 is 0 Å². The van der Waals surface area contributed by atoms with Gasteiger partial charge in [0.25, 0.3) is 5.91 Å². The molecule has 2 N–H and O–H groups in total. The summed E-state index contributed by atoms with van der Waals surface area (Å²) in [4.78, 5) is 29.2. The fourth-order valence-electron chi connectivity index (χ4n) is 3.17. The van der Waals surface area contributed by atoms with Gasteiger partial charge in [-0.2, -0.15) is 0 Å². The molecule has 3 rings (SSSR count). The second-order valence-corrected chi connectivity index (χ2v) is 7.02. The fourth-order valence-corrected chi connectivity index (χ4v) is 3.86. The van der Waals surface area contributed by atoms with Gasteiger partial charge in [-0.3, -0.25) is 9.59 Å². The summed E-state index contributed by atoms with van der Waals surface area (Å²) >= 11 is 1.45. The topological polar surface area (TPSA) is 75.9 Å². The van der Waals surface area contributed by atoms with E-state index in [1.54, 1.807) is 4.90 Å². The van der Waals surface area contributed by atoms with Gasteiger partial charge in [0.1, 0.15) is 0 Å². The van der Waals surface area contributed by atoms with E-state index in [-0.39, 0.29) is 17.7 Å². The summed E-state index contributed by atoms with van der Waals surface area (Å²) in [6.45, 7) is 3.65. The highest BCUT2D eigenvalue weighted by Gasteiger charge is 2.32. The minimum Gasteiger partial charge on any atom is -0.381 e. The third-order valence-electron chi connectivity index (χ3n) is 4.67. The molecule has 1 atom stereocenters. The Balaban J connectivity index is 1.52. The maximum absolute atomic E-state index is 12.6. The largest absolute Gasteiger partial charge is 0.381 e. The Morgan fingerprint density at radius 3 is 2.43 bits per heavy atom. The Bertz CT molecular complexity index is 535. The first kappa shape index (κ1) is 16.4. The van der Waals surface area contributed by atoms with Crippen LogP contribution in [0.15, 0.2) is 17.5 Å². The van der Waals surface area contributed by atoms with Crippen LogP contribution in [0.2, 0.25) is 0 Å². The first-order chi connectivity index (χ1) is 11.2. The maximum Gasteiger partial charge on any atom is 0.264 e. The standard InChI is InChI=1S/C16H23N3O3S/c17-14(12-3-9-22-10-4-12)16(21)19-7-5-18(6-8-19)15(20)13-2-1-11-23-13/h1-2,11-12,14H,3-10,17H2. The minimum absolute atomic E-state index is 0.0140. The molecule has 7 heteroatoms. The molecule has 2 saturated heterocycles. The average Bonchev–Trinajstić information content (AvgIpc) is 3.15. The quantitative estimate of drug-likeness (QED) is 0.885. The van der Waals surface area contributed by atoms with Crippen molar-refractivity contribution in [2.24, 2.45) is 11.7 Å². The molecule has 3 heterocycles. The number of thiophene rings is 1. The summed E-state index contributed by atoms with van der Waals surface area (Å²) in [5, 5.41) is 1.90. The fraction of sp³-hybridized carbons (Fsp3) is 0.625. The van der Waals surface area contributed by atoms with Crippen LogP contribution in [0.25, 0.3) is 0 Å². The van der Waals surface area contributed by atoms with Crippen molar-refractivity contribution in [3.8, 4) is 0 Å². The van der Waals surface area contributed by atoms with Crippen LogP contribution in [-0.2, 0) is 9.53 Å². The number of nitrogens with two attached hydrogens (primary N) is 1. The molecule has 6 nitrogen and oxygen atoms in total. The molecule has 1 unspecified atom stereocenters. The minimum atomic E-state index is -0.446. The molecule has 0 saturated carbocycles. The average molecular weight is 337 g/mol. The molecule has 23 heavy (non-hydrogen) atoms. The Hall–Kier alpha value is -1.44. The van der Waals surface area contributed by atoms with Gasteiger partial charge in [-0.1, -0.05) is 6.07 Å². The van der Waals surface area contributed by atoms with Gasteiger partial charge >= 0.3 is 0 Å². The summed E-state index contributed by atoms with van der Waals surface area (Å²) in [5.74, 6) is 0.281. The Labute approximate surface area is 140 Å². The van der Waals surface area contributed by atoms with Crippen LogP contribution in [-0.4, -0.2) is 67.0 Å². The van der Waals surface area contributed by atoms with E-state index in [0.717, 1.165) is 17.7 Å². The van der Waals surface area contributed by atoms with Crippen LogP contribution in [0, 0.1) is 5.92 Å². The molecule has 2 fully saturated rings. The molecular formula is C16H23N3O3S. The molecule has 0 bridgehead atoms. The van der Waals surface area contributed by atoms with Crippen molar-refractivity contribution in [1.82, 2.24) is 9.80 Å². The summed E-state index contributed by atoms with van der Waals surface area (Å²) in [5.41, 5.74) is 6.17. The van der Waals surface area contributed by atoms with E-state index in [1.807, 2.05) is 22.4 Å². The van der Waals surface area contributed by atoms with Crippen molar-refractivity contribution in [1.29, 1.82) is 0 Å². The van der Waals surface area contributed by atoms with E-state index in [9.17, 15) is 9.59 Å². The molecule has 0 spiro atoms. The highest BCUT2D eigenvalue weighted by Crippen LogP contribution is 2.20. The first-order valence-corrected chi connectivity index (χ1v) is 8.99. The number of ether oxygens (including phenoxy) is 1. The van der Waals surface area contributed by atoms with Crippen LogP contribution in [0.3, 0.4) is 0 Å². The number of carbonyl (C=O) groups excluding carboxylic acids is 2. The Kier molecular flexibility index (Phi) is 5.30. The van der Waals surface area contributed by atoms with Gasteiger partial charge in [0.15, 0.2) is 0 Å². The molecule has 2 amide bonds. The smallest absolute Gasteiger partial charge is 0.264 e. The second-order valence-electron chi connectivity index (χ2n) is 6.07. The molecule has 0 aromatic carbocycles. The molecule has 126 valence electrons. The van der Waals surface area contributed by atoms with Gasteiger partial charge in [-0.15, -0.1) is 11.3 Å². The van der Waals surface area contributed by atoms with E-state index in [2.05, 4.69) is 0 Å². The predicted molar refractivity (Wildman–Crippen MR) is 88.3 cm³/mol. The number of hydrogen-bond donors (Lipinski definition) is 1. The van der Waals surface area contributed by atoms with Gasteiger partial charge in [-0.05, 0) is 30.2 Å². The zero-order valence-electron chi connectivity index (χ0n) is 13.1. The molecule has 0 radical (unpaired) electrons. The first-order valence-electron chi connectivity index (χ1n) is 8.11. The lowest BCUT2D eigenvalue weighted by molar-refractivity contribution is -0.136. The van der Waals surface area contributed by atoms with Crippen molar-refractivity contribution in [2.45, 2.75) is 18.9 Å². The zero-order chi connectivity index (χ0) is 16.2. The van der Waals surface area contributed by atoms with Crippen LogP contribution in [0.1, 0.15) is 22.5 Å². The number of nitrogens with zero attached hydrogens (tertiary/aromatic N) is 2. The molecular weight excluding hydrogens is 314 g/mol. The van der Waals surface area contributed by atoms with Crippen LogP contribution >= 0.6 is 11.3 Å². The molecule has 0 aliphatic carbocycles. The van der Waals surface area contributed by atoms with Crippen molar-refractivity contribution in [2.75, 3.05) is 39.4 Å². The number of hydrogen-bond acceptors (Lipinski definition) is 5. The molecule has 1 aromatic rings. The third kappa shape index (κ3) is 3.73. The van der Waals surface area contributed by atoms with E-state index in [4.69, 9.17) is 10.5 Å². The summed E-state index contributed by atoms with van der Waals surface area (Å²) in [6, 6.07) is 3.27. The summed E-state index contributed by atoms with van der Waals surface area (Å²) in [7, 11) is 0. The maximum atomic E-state index is 12.6. The van der Waals surface area contributed by atoms with Crippen molar-refractivity contribution in [3.63, 3.8) is 0 Å². The van der Waals surface area contributed by atoms with Crippen LogP contribution in [0.4, 0.5) is 0 Å². The highest BCUT2D eigenvalue weighted by atomic mass is 32.1. The Morgan fingerprint density at radius 2 is 1.83 bits per heavy atom. The second kappa shape index (κ2) is 7.42. The molecule has 2 aliphatic heterocycles. The summed E-state index contributed by atoms with van der Waals surface area (Å²) in [6.07, 6.45) is 1.70. The van der Waals surface area contributed by atoms with Gasteiger partial charge in [0.05, 0.1) is 10.9 Å². The SMILES string of the molecule is NC(C(=O)N1CCN(C(=O)c2cccs2)CC1)C1CCOCC1. The van der Waals surface area contributed by atoms with Crippen molar-refractivity contribution in [3.05, 3.63) is 22.4 Å². The van der Waals surface area contributed by atoms with Crippen LogP contribution in [0.5, 0.6) is 0 Å². The predicted octanol–water partition coefficient (Wildman–Crippen LogP) is 0.786. The monoisotopic (exact) mass is 337 g/mol. The van der Waals surface area contributed by atoms with E-state index in [0.29, 0.717) is 39.4 Å². The number of rotatable bonds is 3. The molecule has 1 aromatic heterocycles. The van der Waals surface area contributed by atoms with Gasteiger partial charge < -0.3 is 20.3 Å². The summed E-state index contributed by atoms with van der Waals surface area (Å²) < 4.78 is 5.33. The normalized spacial score (nSPS) is 21.3. The van der Waals surface area contributed by atoms with Crippen molar-refractivity contribution < 1.29 is 14.3 Å². The Morgan fingerprint density at radius 1 is 1.17 bits per heavy atom.